The van der Waals surface area contributed by atoms with Gasteiger partial charge >= 0.3 is 0 Å². The third-order valence-electron chi connectivity index (χ3n) is 3.93. The molecule has 0 radical (unpaired) electrons. The van der Waals surface area contributed by atoms with E-state index in [0.717, 1.165) is 25.7 Å². The molecule has 2 saturated heterocycles. The Morgan fingerprint density at radius 3 is 2.21 bits per heavy atom. The third-order valence-corrected chi connectivity index (χ3v) is 3.93. The average molecular weight is 274 g/mol. The molecule has 1 N–H and O–H groups in total. The van der Waals surface area contributed by atoms with Gasteiger partial charge in [-0.3, -0.25) is 0 Å². The summed E-state index contributed by atoms with van der Waals surface area (Å²) in [5.41, 5.74) is -0.582. The van der Waals surface area contributed by atoms with Gasteiger partial charge in [-0.2, -0.15) is 0 Å². The lowest BCUT2D eigenvalue weighted by atomic mass is 9.87. The second-order valence-electron chi connectivity index (χ2n) is 5.56. The van der Waals surface area contributed by atoms with Gasteiger partial charge in [-0.05, 0) is 19.3 Å². The zero-order valence-corrected chi connectivity index (χ0v) is 11.8. The Morgan fingerprint density at radius 2 is 1.58 bits per heavy atom. The van der Waals surface area contributed by atoms with Gasteiger partial charge in [0.1, 0.15) is 0 Å². The van der Waals surface area contributed by atoms with Crippen molar-refractivity contribution in [1.29, 1.82) is 0 Å². The van der Waals surface area contributed by atoms with E-state index in [4.69, 9.17) is 18.9 Å². The molecule has 0 saturated carbocycles. The standard InChI is InChI=1S/C14H26O5/c1-16-6-7-18-9-8-17-5-4-14(15)10-12-2-3-13(11-14)19-12/h12-13,15H,2-11H2,1H3. The van der Waals surface area contributed by atoms with Crippen LogP contribution in [0.25, 0.3) is 0 Å². The van der Waals surface area contributed by atoms with E-state index in [9.17, 15) is 5.11 Å². The van der Waals surface area contributed by atoms with Crippen LogP contribution in [0.4, 0.5) is 0 Å². The van der Waals surface area contributed by atoms with Crippen molar-refractivity contribution in [3.05, 3.63) is 0 Å². The molecule has 112 valence electrons. The Hall–Kier alpha value is -0.200. The average Bonchev–Trinajstić information content (AvgIpc) is 2.73. The van der Waals surface area contributed by atoms with Gasteiger partial charge in [0.15, 0.2) is 0 Å². The van der Waals surface area contributed by atoms with Crippen molar-refractivity contribution in [2.45, 2.75) is 49.9 Å². The highest BCUT2D eigenvalue weighted by Crippen LogP contribution is 2.39. The van der Waals surface area contributed by atoms with Crippen LogP contribution in [-0.2, 0) is 18.9 Å². The Bertz CT molecular complexity index is 246. The molecule has 0 aliphatic carbocycles. The summed E-state index contributed by atoms with van der Waals surface area (Å²) in [6.45, 7) is 2.95. The lowest BCUT2D eigenvalue weighted by Gasteiger charge is -2.36. The molecule has 0 aromatic rings. The highest BCUT2D eigenvalue weighted by atomic mass is 16.5. The molecule has 5 nitrogen and oxygen atoms in total. The fraction of sp³-hybridized carbons (Fsp3) is 1.00. The molecule has 2 aliphatic heterocycles. The van der Waals surface area contributed by atoms with Crippen LogP contribution in [0.2, 0.25) is 0 Å². The van der Waals surface area contributed by atoms with Crippen LogP contribution >= 0.6 is 0 Å². The normalized spacial score (nSPS) is 33.8. The van der Waals surface area contributed by atoms with Gasteiger partial charge in [0.25, 0.3) is 0 Å². The van der Waals surface area contributed by atoms with Crippen LogP contribution in [0.5, 0.6) is 0 Å². The molecular weight excluding hydrogens is 248 g/mol. The number of methoxy groups -OCH3 is 1. The second kappa shape index (κ2) is 7.55. The van der Waals surface area contributed by atoms with Crippen LogP contribution in [0.3, 0.4) is 0 Å². The fourth-order valence-electron chi connectivity index (χ4n) is 2.94. The number of aliphatic hydroxyl groups is 1. The van der Waals surface area contributed by atoms with Crippen LogP contribution in [0.15, 0.2) is 0 Å². The van der Waals surface area contributed by atoms with Gasteiger partial charge in [0, 0.05) is 26.6 Å². The maximum atomic E-state index is 10.5. The molecule has 2 heterocycles. The summed E-state index contributed by atoms with van der Waals surface area (Å²) in [5, 5.41) is 10.5. The fourth-order valence-corrected chi connectivity index (χ4v) is 2.94. The molecule has 2 atom stereocenters. The molecule has 2 unspecified atom stereocenters. The molecule has 0 aromatic heterocycles. The third kappa shape index (κ3) is 5.00. The van der Waals surface area contributed by atoms with Crippen LogP contribution in [-0.4, -0.2) is 63.1 Å². The number of hydrogen-bond donors (Lipinski definition) is 1. The largest absolute Gasteiger partial charge is 0.390 e. The second-order valence-corrected chi connectivity index (χ2v) is 5.56. The van der Waals surface area contributed by atoms with Gasteiger partial charge in [0.2, 0.25) is 0 Å². The first-order valence-corrected chi connectivity index (χ1v) is 7.24. The van der Waals surface area contributed by atoms with Gasteiger partial charge in [-0.15, -0.1) is 0 Å². The van der Waals surface area contributed by atoms with Crippen molar-refractivity contribution < 1.29 is 24.1 Å². The van der Waals surface area contributed by atoms with E-state index in [1.165, 1.54) is 0 Å². The van der Waals surface area contributed by atoms with E-state index in [0.29, 0.717) is 39.5 Å². The number of hydrogen-bond acceptors (Lipinski definition) is 5. The maximum absolute atomic E-state index is 10.5. The minimum Gasteiger partial charge on any atom is -0.390 e. The number of fused-ring (bicyclic) bond motifs is 2. The van der Waals surface area contributed by atoms with E-state index in [-0.39, 0.29) is 12.2 Å². The highest BCUT2D eigenvalue weighted by molar-refractivity contribution is 4.94. The predicted octanol–water partition coefficient (Wildman–Crippen LogP) is 1.13. The number of rotatable bonds is 9. The van der Waals surface area contributed by atoms with Crippen LogP contribution < -0.4 is 0 Å². The van der Waals surface area contributed by atoms with E-state index in [1.807, 2.05) is 0 Å². The van der Waals surface area contributed by atoms with E-state index in [2.05, 4.69) is 0 Å². The molecule has 0 spiro atoms. The lowest BCUT2D eigenvalue weighted by Crippen LogP contribution is -2.41. The predicted molar refractivity (Wildman–Crippen MR) is 70.2 cm³/mol. The lowest BCUT2D eigenvalue weighted by molar-refractivity contribution is -0.122. The molecule has 5 heteroatoms. The summed E-state index contributed by atoms with van der Waals surface area (Å²) in [7, 11) is 1.65. The van der Waals surface area contributed by atoms with E-state index < -0.39 is 5.60 Å². The molecule has 0 amide bonds. The van der Waals surface area contributed by atoms with Gasteiger partial charge in [-0.25, -0.2) is 0 Å². The topological polar surface area (TPSA) is 57.2 Å². The smallest absolute Gasteiger partial charge is 0.0719 e. The van der Waals surface area contributed by atoms with Crippen molar-refractivity contribution in [1.82, 2.24) is 0 Å². The molecule has 2 fully saturated rings. The Kier molecular flexibility index (Phi) is 6.04. The summed E-state index contributed by atoms with van der Waals surface area (Å²) in [6.07, 6.45) is 4.94. The summed E-state index contributed by atoms with van der Waals surface area (Å²) in [5.74, 6) is 0. The van der Waals surface area contributed by atoms with Crippen molar-refractivity contribution in [3.63, 3.8) is 0 Å². The zero-order valence-electron chi connectivity index (χ0n) is 11.8. The molecule has 0 aromatic carbocycles. The summed E-state index contributed by atoms with van der Waals surface area (Å²) < 4.78 is 21.4. The monoisotopic (exact) mass is 274 g/mol. The van der Waals surface area contributed by atoms with E-state index >= 15 is 0 Å². The van der Waals surface area contributed by atoms with Crippen molar-refractivity contribution in [2.24, 2.45) is 0 Å². The molecular formula is C14H26O5. The Balaban J connectivity index is 1.51. The molecule has 19 heavy (non-hydrogen) atoms. The summed E-state index contributed by atoms with van der Waals surface area (Å²) >= 11 is 0. The zero-order chi connectivity index (χ0) is 13.6. The molecule has 2 rings (SSSR count). The minimum absolute atomic E-state index is 0.265. The number of ether oxygens (including phenoxy) is 4. The molecule has 2 aliphatic rings. The first-order chi connectivity index (χ1) is 9.22. The van der Waals surface area contributed by atoms with Gasteiger partial charge in [-0.1, -0.05) is 0 Å². The van der Waals surface area contributed by atoms with E-state index in [1.54, 1.807) is 7.11 Å². The summed E-state index contributed by atoms with van der Waals surface area (Å²) in [6, 6.07) is 0. The SMILES string of the molecule is COCCOCCOCCC1(O)CC2CCC(C1)O2. The summed E-state index contributed by atoms with van der Waals surface area (Å²) in [4.78, 5) is 0. The quantitative estimate of drug-likeness (QED) is 0.639. The first kappa shape index (κ1) is 15.2. The minimum atomic E-state index is -0.582. The van der Waals surface area contributed by atoms with Gasteiger partial charge < -0.3 is 24.1 Å². The van der Waals surface area contributed by atoms with Crippen molar-refractivity contribution in [2.75, 3.05) is 40.1 Å². The van der Waals surface area contributed by atoms with Crippen LogP contribution in [0, 0.1) is 0 Å². The highest BCUT2D eigenvalue weighted by Gasteiger charge is 2.43. The van der Waals surface area contributed by atoms with Gasteiger partial charge in [0.05, 0.1) is 44.2 Å². The van der Waals surface area contributed by atoms with Crippen LogP contribution in [0.1, 0.15) is 32.1 Å². The Labute approximate surface area is 115 Å². The maximum Gasteiger partial charge on any atom is 0.0719 e. The molecule has 2 bridgehead atoms. The van der Waals surface area contributed by atoms with Crippen molar-refractivity contribution >= 4 is 0 Å². The Morgan fingerprint density at radius 1 is 1.00 bits per heavy atom. The first-order valence-electron chi connectivity index (χ1n) is 7.24. The van der Waals surface area contributed by atoms with Crippen molar-refractivity contribution in [3.8, 4) is 0 Å².